The van der Waals surface area contributed by atoms with Crippen molar-refractivity contribution in [2.45, 2.75) is 20.0 Å². The molecule has 0 saturated carbocycles. The zero-order valence-corrected chi connectivity index (χ0v) is 19.8. The molecular formula is C25H36N4O4. The van der Waals surface area contributed by atoms with Gasteiger partial charge in [0, 0.05) is 65.2 Å². The van der Waals surface area contributed by atoms with Crippen LogP contribution >= 0.6 is 0 Å². The number of benzene rings is 1. The van der Waals surface area contributed by atoms with E-state index in [9.17, 15) is 9.59 Å². The van der Waals surface area contributed by atoms with Crippen LogP contribution < -0.4 is 0 Å². The number of amides is 2. The Bertz CT molecular complexity index is 864. The molecule has 0 atom stereocenters. The predicted octanol–water partition coefficient (Wildman–Crippen LogP) is 1.69. The van der Waals surface area contributed by atoms with Gasteiger partial charge in [0.1, 0.15) is 0 Å². The van der Waals surface area contributed by atoms with Crippen molar-refractivity contribution in [3.8, 4) is 0 Å². The van der Waals surface area contributed by atoms with E-state index in [1.165, 1.54) is 12.5 Å². The summed E-state index contributed by atoms with van der Waals surface area (Å²) in [4.78, 5) is 31.2. The average molecular weight is 457 g/mol. The normalized spacial score (nSPS) is 14.2. The maximum atomic E-state index is 13.2. The number of ether oxygens (including phenoxy) is 2. The van der Waals surface area contributed by atoms with E-state index in [0.29, 0.717) is 39.5 Å². The van der Waals surface area contributed by atoms with Crippen LogP contribution in [0.25, 0.3) is 0 Å². The summed E-state index contributed by atoms with van der Waals surface area (Å²) < 4.78 is 12.8. The molecular weight excluding hydrogens is 420 g/mol. The Hall–Kier alpha value is -2.68. The first-order valence-electron chi connectivity index (χ1n) is 11.6. The summed E-state index contributed by atoms with van der Waals surface area (Å²) in [7, 11) is 1.63. The molecule has 0 unspecified atom stereocenters. The quantitative estimate of drug-likeness (QED) is 0.486. The Morgan fingerprint density at radius 3 is 2.48 bits per heavy atom. The summed E-state index contributed by atoms with van der Waals surface area (Å²) in [5, 5.41) is 0. The molecule has 1 aliphatic rings. The molecule has 1 aromatic carbocycles. The zero-order valence-electron chi connectivity index (χ0n) is 19.8. The van der Waals surface area contributed by atoms with Gasteiger partial charge in [0.15, 0.2) is 0 Å². The fourth-order valence-electron chi connectivity index (χ4n) is 3.91. The lowest BCUT2D eigenvalue weighted by atomic mass is 10.2. The summed E-state index contributed by atoms with van der Waals surface area (Å²) >= 11 is 0. The number of morpholine rings is 1. The van der Waals surface area contributed by atoms with Crippen LogP contribution in [0.15, 0.2) is 48.7 Å². The Balaban J connectivity index is 1.63. The predicted molar refractivity (Wildman–Crippen MR) is 127 cm³/mol. The molecule has 33 heavy (non-hydrogen) atoms. The van der Waals surface area contributed by atoms with E-state index < -0.39 is 0 Å². The first-order chi connectivity index (χ1) is 16.1. The number of aromatic nitrogens is 1. The molecule has 0 spiro atoms. The first kappa shape index (κ1) is 25.0. The lowest BCUT2D eigenvalue weighted by Gasteiger charge is -2.31. The number of carbonyl (C=O) groups excluding carboxylic acids is 2. The van der Waals surface area contributed by atoms with E-state index in [2.05, 4.69) is 21.6 Å². The van der Waals surface area contributed by atoms with E-state index in [4.69, 9.17) is 9.47 Å². The molecule has 8 nitrogen and oxygen atoms in total. The van der Waals surface area contributed by atoms with E-state index in [1.807, 2.05) is 36.5 Å². The van der Waals surface area contributed by atoms with Crippen molar-refractivity contribution >= 4 is 11.8 Å². The van der Waals surface area contributed by atoms with E-state index >= 15 is 0 Å². The van der Waals surface area contributed by atoms with Gasteiger partial charge in [-0.15, -0.1) is 0 Å². The fraction of sp³-hybridized carbons (Fsp3) is 0.520. The standard InChI is InChI=1S/C25H36N4O4/c1-22(30)27(12-11-26-13-17-33-18-14-26)21-25(31)29(15-16-32-2)20-24-9-6-10-28(24)19-23-7-4-3-5-8-23/h3-10H,11-21H2,1-2H3. The van der Waals surface area contributed by atoms with E-state index in [-0.39, 0.29) is 18.4 Å². The highest BCUT2D eigenvalue weighted by atomic mass is 16.5. The molecule has 2 amide bonds. The van der Waals surface area contributed by atoms with Gasteiger partial charge >= 0.3 is 0 Å². The molecule has 0 N–H and O–H groups in total. The van der Waals surface area contributed by atoms with Crippen molar-refractivity contribution in [2.24, 2.45) is 0 Å². The van der Waals surface area contributed by atoms with Gasteiger partial charge in [-0.3, -0.25) is 14.5 Å². The molecule has 2 aromatic rings. The second kappa shape index (κ2) is 13.1. The minimum absolute atomic E-state index is 0.0722. The smallest absolute Gasteiger partial charge is 0.242 e. The summed E-state index contributed by atoms with van der Waals surface area (Å²) in [5.74, 6) is -0.160. The highest BCUT2D eigenvalue weighted by Gasteiger charge is 2.21. The molecule has 3 rings (SSSR count). The Kier molecular flexibility index (Phi) is 9.93. The van der Waals surface area contributed by atoms with Gasteiger partial charge in [-0.25, -0.2) is 0 Å². The van der Waals surface area contributed by atoms with Crippen LogP contribution in [0.4, 0.5) is 0 Å². The highest BCUT2D eigenvalue weighted by molar-refractivity contribution is 5.83. The number of methoxy groups -OCH3 is 1. The molecule has 0 bridgehead atoms. The average Bonchev–Trinajstić information content (AvgIpc) is 3.26. The first-order valence-corrected chi connectivity index (χ1v) is 11.6. The minimum atomic E-state index is -0.0873. The molecule has 8 heteroatoms. The van der Waals surface area contributed by atoms with Crippen molar-refractivity contribution < 1.29 is 19.1 Å². The lowest BCUT2D eigenvalue weighted by molar-refractivity contribution is -0.140. The number of hydrogen-bond acceptors (Lipinski definition) is 5. The van der Waals surface area contributed by atoms with Crippen LogP contribution in [0.3, 0.4) is 0 Å². The third-order valence-corrected chi connectivity index (χ3v) is 5.95. The number of rotatable bonds is 12. The van der Waals surface area contributed by atoms with Gasteiger partial charge in [0.25, 0.3) is 0 Å². The Morgan fingerprint density at radius 1 is 1.03 bits per heavy atom. The van der Waals surface area contributed by atoms with Gasteiger partial charge in [-0.1, -0.05) is 30.3 Å². The van der Waals surface area contributed by atoms with Gasteiger partial charge in [-0.05, 0) is 17.7 Å². The van der Waals surface area contributed by atoms with Crippen molar-refractivity contribution in [1.82, 2.24) is 19.3 Å². The molecule has 0 radical (unpaired) electrons. The molecule has 1 fully saturated rings. The van der Waals surface area contributed by atoms with E-state index in [1.54, 1.807) is 16.9 Å². The van der Waals surface area contributed by atoms with Crippen LogP contribution in [0, 0.1) is 0 Å². The molecule has 1 aliphatic heterocycles. The summed E-state index contributed by atoms with van der Waals surface area (Å²) in [5.41, 5.74) is 2.25. The summed E-state index contributed by atoms with van der Waals surface area (Å²) in [6, 6.07) is 14.3. The monoisotopic (exact) mass is 456 g/mol. The van der Waals surface area contributed by atoms with Crippen molar-refractivity contribution in [3.63, 3.8) is 0 Å². The molecule has 0 aliphatic carbocycles. The third-order valence-electron chi connectivity index (χ3n) is 5.95. The van der Waals surface area contributed by atoms with Crippen LogP contribution in [0.1, 0.15) is 18.2 Å². The summed E-state index contributed by atoms with van der Waals surface area (Å²) in [6.07, 6.45) is 2.03. The molecule has 2 heterocycles. The van der Waals surface area contributed by atoms with Crippen molar-refractivity contribution in [2.75, 3.05) is 66.2 Å². The molecule has 180 valence electrons. The largest absolute Gasteiger partial charge is 0.383 e. The van der Waals surface area contributed by atoms with Gasteiger partial charge < -0.3 is 23.8 Å². The fourth-order valence-corrected chi connectivity index (χ4v) is 3.91. The number of nitrogens with zero attached hydrogens (tertiary/aromatic N) is 4. The Labute approximate surface area is 196 Å². The van der Waals surface area contributed by atoms with Crippen molar-refractivity contribution in [1.29, 1.82) is 0 Å². The van der Waals surface area contributed by atoms with Crippen LogP contribution in [0.2, 0.25) is 0 Å². The molecule has 1 saturated heterocycles. The van der Waals surface area contributed by atoms with Gasteiger partial charge in [-0.2, -0.15) is 0 Å². The van der Waals surface area contributed by atoms with Gasteiger partial charge in [0.2, 0.25) is 11.8 Å². The highest BCUT2D eigenvalue weighted by Crippen LogP contribution is 2.11. The third kappa shape index (κ3) is 7.99. The maximum Gasteiger partial charge on any atom is 0.242 e. The SMILES string of the molecule is COCCN(Cc1cccn1Cc1ccccc1)C(=O)CN(CCN1CCOCC1)C(C)=O. The second-order valence-corrected chi connectivity index (χ2v) is 8.32. The zero-order chi connectivity index (χ0) is 23.5. The summed E-state index contributed by atoms with van der Waals surface area (Å²) in [6.45, 7) is 8.15. The van der Waals surface area contributed by atoms with Crippen LogP contribution in [0.5, 0.6) is 0 Å². The lowest BCUT2D eigenvalue weighted by Crippen LogP contribution is -2.47. The van der Waals surface area contributed by atoms with Crippen LogP contribution in [-0.2, 0) is 32.2 Å². The van der Waals surface area contributed by atoms with Gasteiger partial charge in [0.05, 0.1) is 32.9 Å². The topological polar surface area (TPSA) is 67.2 Å². The number of carbonyl (C=O) groups is 2. The Morgan fingerprint density at radius 2 is 1.79 bits per heavy atom. The minimum Gasteiger partial charge on any atom is -0.383 e. The maximum absolute atomic E-state index is 13.2. The van der Waals surface area contributed by atoms with E-state index in [0.717, 1.165) is 31.9 Å². The van der Waals surface area contributed by atoms with Crippen molar-refractivity contribution in [3.05, 3.63) is 59.9 Å². The molecule has 1 aromatic heterocycles. The second-order valence-electron chi connectivity index (χ2n) is 8.32. The number of hydrogen-bond donors (Lipinski definition) is 0. The van der Waals surface area contributed by atoms with Crippen LogP contribution in [-0.4, -0.2) is 97.3 Å².